The van der Waals surface area contributed by atoms with E-state index in [9.17, 15) is 24.6 Å². The van der Waals surface area contributed by atoms with Crippen LogP contribution >= 0.6 is 0 Å². The second kappa shape index (κ2) is 11.1. The molecule has 0 radical (unpaired) electrons. The van der Waals surface area contributed by atoms with Gasteiger partial charge in [-0.1, -0.05) is 47.1 Å². The molecule has 2 fully saturated rings. The van der Waals surface area contributed by atoms with Gasteiger partial charge in [-0.15, -0.1) is 0 Å². The Balaban J connectivity index is 2.01. The first-order valence-corrected chi connectivity index (χ1v) is 13.7. The van der Waals surface area contributed by atoms with E-state index in [2.05, 4.69) is 0 Å². The molecule has 9 heteroatoms. The number of allylic oxidation sites excluding steroid dienone is 4. The second-order valence-electron chi connectivity index (χ2n) is 12.0. The van der Waals surface area contributed by atoms with Gasteiger partial charge in [-0.2, -0.15) is 0 Å². The van der Waals surface area contributed by atoms with E-state index in [0.717, 1.165) is 12.5 Å². The maximum Gasteiger partial charge on any atom is 0.509 e. The van der Waals surface area contributed by atoms with Crippen LogP contribution in [0.15, 0.2) is 23.8 Å². The van der Waals surface area contributed by atoms with Gasteiger partial charge < -0.3 is 19.7 Å². The van der Waals surface area contributed by atoms with Crippen LogP contribution in [0.1, 0.15) is 80.1 Å². The monoisotopic (exact) mass is 540 g/mol. The van der Waals surface area contributed by atoms with E-state index in [1.165, 1.54) is 26.0 Å². The molecule has 0 aliphatic heterocycles. The molecule has 2 N–H and O–H groups in total. The number of hydrogen-bond donors (Lipinski definition) is 2. The molecule has 7 nitrogen and oxygen atoms in total. The van der Waals surface area contributed by atoms with E-state index < -0.39 is 70.7 Å². The van der Waals surface area contributed by atoms with Crippen LogP contribution in [0, 0.1) is 29.1 Å². The third kappa shape index (κ3) is 4.91. The Morgan fingerprint density at radius 3 is 2.42 bits per heavy atom. The third-order valence-corrected chi connectivity index (χ3v) is 9.32. The molecule has 9 atom stereocenters. The summed E-state index contributed by atoms with van der Waals surface area (Å²) < 4.78 is 43.8. The normalized spacial score (nSPS) is 40.1. The number of carboxylic acids is 1. The van der Waals surface area contributed by atoms with Crippen molar-refractivity contribution in [3.63, 3.8) is 0 Å². The summed E-state index contributed by atoms with van der Waals surface area (Å²) in [5.41, 5.74) is -6.07. The molecule has 3 aliphatic carbocycles. The number of alkyl halides is 2. The Morgan fingerprint density at radius 1 is 1.18 bits per heavy atom. The van der Waals surface area contributed by atoms with Gasteiger partial charge in [-0.3, -0.25) is 4.79 Å². The van der Waals surface area contributed by atoms with Crippen LogP contribution < -0.4 is 0 Å². The molecule has 38 heavy (non-hydrogen) atoms. The molecule has 0 aromatic heterocycles. The van der Waals surface area contributed by atoms with Crippen molar-refractivity contribution in [2.45, 2.75) is 110 Å². The van der Waals surface area contributed by atoms with E-state index >= 15 is 8.78 Å². The molecular weight excluding hydrogens is 498 g/mol. The van der Waals surface area contributed by atoms with E-state index in [1.807, 2.05) is 20.8 Å². The number of halogens is 2. The summed E-state index contributed by atoms with van der Waals surface area (Å²) in [7, 11) is 0. The fourth-order valence-electron chi connectivity index (χ4n) is 6.98. The summed E-state index contributed by atoms with van der Waals surface area (Å²) in [6, 6.07) is 0. The lowest BCUT2D eigenvalue weighted by Gasteiger charge is -2.55. The lowest BCUT2D eigenvalue weighted by atomic mass is 9.53. The summed E-state index contributed by atoms with van der Waals surface area (Å²) in [5, 5.41) is 21.9. The molecule has 3 unspecified atom stereocenters. The molecule has 3 rings (SSSR count). The van der Waals surface area contributed by atoms with Crippen molar-refractivity contribution in [1.82, 2.24) is 0 Å². The van der Waals surface area contributed by atoms with Gasteiger partial charge in [-0.25, -0.2) is 18.4 Å². The third-order valence-electron chi connectivity index (χ3n) is 9.32. The van der Waals surface area contributed by atoms with Crippen molar-refractivity contribution in [2.75, 3.05) is 0 Å². The number of ether oxygens (including phenoxy) is 2. The largest absolute Gasteiger partial charge is 0.509 e. The van der Waals surface area contributed by atoms with Gasteiger partial charge in [0.15, 0.2) is 11.5 Å². The zero-order valence-corrected chi connectivity index (χ0v) is 23.2. The molecule has 2 saturated carbocycles. The van der Waals surface area contributed by atoms with Crippen LogP contribution in [0.4, 0.5) is 13.6 Å². The highest BCUT2D eigenvalue weighted by atomic mass is 19.1. The van der Waals surface area contributed by atoms with Gasteiger partial charge in [0.2, 0.25) is 5.60 Å². The lowest BCUT2D eigenvalue weighted by Crippen LogP contribution is -2.62. The average molecular weight is 541 g/mol. The van der Waals surface area contributed by atoms with Gasteiger partial charge in [0, 0.05) is 17.3 Å². The minimum atomic E-state index is -2.37. The maximum absolute atomic E-state index is 17.3. The standard InChI is InChI=1S/C29H42F2O7/c1-7-8-23(16(2)3)37-26(36)38-28(25(34)35)17(4)9-10-19-14-22(30)21-15-20(32)11-12-27(21,6)29(19,31)24(33)13-18(28)5/h11-12,15-19,22-24,33H,7-10,13-14H2,1-6H3,(H,34,35)/t17-,18?,19-,22+,23?,24+,27+,28?,29+/m1/s1. The molecule has 0 spiro atoms. The molecule has 0 bridgehead atoms. The Morgan fingerprint density at radius 2 is 1.84 bits per heavy atom. The minimum absolute atomic E-state index is 0.0114. The predicted octanol–water partition coefficient (Wildman–Crippen LogP) is 5.74. The summed E-state index contributed by atoms with van der Waals surface area (Å²) in [6.07, 6.45) is -0.344. The van der Waals surface area contributed by atoms with Gasteiger partial charge in [0.25, 0.3) is 0 Å². The first-order valence-electron chi connectivity index (χ1n) is 13.7. The highest BCUT2D eigenvalue weighted by molar-refractivity contribution is 6.01. The predicted molar refractivity (Wildman–Crippen MR) is 137 cm³/mol. The zero-order chi connectivity index (χ0) is 28.6. The van der Waals surface area contributed by atoms with Crippen LogP contribution in [0.2, 0.25) is 0 Å². The molecule has 214 valence electrons. The average Bonchev–Trinajstić information content (AvgIpc) is 2.86. The van der Waals surface area contributed by atoms with Gasteiger partial charge in [-0.05, 0) is 68.6 Å². The number of carbonyl (C=O) groups is 3. The van der Waals surface area contributed by atoms with Crippen molar-refractivity contribution >= 4 is 17.9 Å². The number of fused-ring (bicyclic) bond motifs is 3. The Kier molecular flexibility index (Phi) is 8.81. The van der Waals surface area contributed by atoms with E-state index in [-0.39, 0.29) is 37.2 Å². The van der Waals surface area contributed by atoms with Crippen LogP contribution in [-0.2, 0) is 19.1 Å². The molecule has 0 heterocycles. The first kappa shape index (κ1) is 30.3. The summed E-state index contributed by atoms with van der Waals surface area (Å²) >= 11 is 0. The molecule has 3 aliphatic rings. The fraction of sp³-hybridized carbons (Fsp3) is 0.759. The lowest BCUT2D eigenvalue weighted by molar-refractivity contribution is -0.182. The van der Waals surface area contributed by atoms with E-state index in [1.54, 1.807) is 6.92 Å². The number of hydrogen-bond acceptors (Lipinski definition) is 6. The highest BCUT2D eigenvalue weighted by Gasteiger charge is 2.66. The van der Waals surface area contributed by atoms with Crippen molar-refractivity contribution in [3.05, 3.63) is 23.8 Å². The van der Waals surface area contributed by atoms with E-state index in [4.69, 9.17) is 9.47 Å². The SMILES string of the molecule is CCCC(OC(=O)OC1(C(=O)O)C(C)C[C@H](O)[C@@]2(F)[C@H](CC[C@H]1C)C[C@H](F)C1=CC(=O)C=C[C@@]12C)C(C)C. The Hall–Kier alpha value is -2.29. The van der Waals surface area contributed by atoms with Gasteiger partial charge in [0.05, 0.1) is 6.10 Å². The number of ketones is 1. The molecule has 0 aromatic carbocycles. The van der Waals surface area contributed by atoms with Crippen molar-refractivity contribution in [2.24, 2.45) is 29.1 Å². The van der Waals surface area contributed by atoms with Crippen LogP contribution in [0.5, 0.6) is 0 Å². The Labute approximate surface area is 223 Å². The van der Waals surface area contributed by atoms with Crippen LogP contribution in [0.3, 0.4) is 0 Å². The van der Waals surface area contributed by atoms with Crippen LogP contribution in [0.25, 0.3) is 0 Å². The van der Waals surface area contributed by atoms with Gasteiger partial charge >= 0.3 is 12.1 Å². The number of aliphatic hydroxyl groups excluding tert-OH is 1. The Bertz CT molecular complexity index is 993. The topological polar surface area (TPSA) is 110 Å². The van der Waals surface area contributed by atoms with E-state index in [0.29, 0.717) is 6.42 Å². The molecule has 0 saturated heterocycles. The number of rotatable bonds is 6. The number of aliphatic hydroxyl groups is 1. The number of aliphatic carboxylic acids is 1. The highest BCUT2D eigenvalue weighted by Crippen LogP contribution is 2.60. The fourth-order valence-corrected chi connectivity index (χ4v) is 6.98. The minimum Gasteiger partial charge on any atom is -0.478 e. The molecule has 0 aromatic rings. The van der Waals surface area contributed by atoms with Gasteiger partial charge in [0.1, 0.15) is 12.3 Å². The number of carbonyl (C=O) groups excluding carboxylic acids is 2. The first-order chi connectivity index (χ1) is 17.6. The summed E-state index contributed by atoms with van der Waals surface area (Å²) in [5.74, 6) is -4.61. The second-order valence-corrected chi connectivity index (χ2v) is 12.0. The van der Waals surface area contributed by atoms with Crippen molar-refractivity contribution in [3.8, 4) is 0 Å². The summed E-state index contributed by atoms with van der Waals surface area (Å²) in [4.78, 5) is 37.8. The number of carboxylic acid groups (broad SMARTS) is 1. The smallest absolute Gasteiger partial charge is 0.478 e. The quantitative estimate of drug-likeness (QED) is 0.413. The van der Waals surface area contributed by atoms with Crippen molar-refractivity contribution < 1.29 is 42.9 Å². The van der Waals surface area contributed by atoms with Crippen molar-refractivity contribution in [1.29, 1.82) is 0 Å². The summed E-state index contributed by atoms with van der Waals surface area (Å²) in [6.45, 7) is 10.3. The molecule has 0 amide bonds. The molecular formula is C29H42F2O7. The van der Waals surface area contributed by atoms with Crippen LogP contribution in [-0.4, -0.2) is 57.8 Å². The zero-order valence-electron chi connectivity index (χ0n) is 23.2. The maximum atomic E-state index is 17.3.